The van der Waals surface area contributed by atoms with Crippen molar-refractivity contribution in [2.24, 2.45) is 5.73 Å². The van der Waals surface area contributed by atoms with E-state index in [0.29, 0.717) is 11.8 Å². The van der Waals surface area contributed by atoms with Gasteiger partial charge in [-0.05, 0) is 18.4 Å². The molecule has 0 bridgehead atoms. The van der Waals surface area contributed by atoms with Crippen LogP contribution in [0.4, 0.5) is 0 Å². The lowest BCUT2D eigenvalue weighted by atomic mass is 9.89. The summed E-state index contributed by atoms with van der Waals surface area (Å²) in [5.74, 6) is 2.50. The van der Waals surface area contributed by atoms with Crippen molar-refractivity contribution in [1.29, 1.82) is 0 Å². The van der Waals surface area contributed by atoms with Gasteiger partial charge in [0.05, 0.1) is 6.54 Å². The Kier molecular flexibility index (Phi) is 4.63. The molecule has 0 amide bonds. The third-order valence-corrected chi connectivity index (χ3v) is 5.47. The molecule has 0 unspecified atom stereocenters. The first-order valence-corrected chi connectivity index (χ1v) is 9.15. The summed E-state index contributed by atoms with van der Waals surface area (Å²) in [5, 5.41) is 4.21. The zero-order valence-corrected chi connectivity index (χ0v) is 14.1. The number of likely N-dealkylation sites (tertiary alicyclic amines) is 1. The predicted octanol–water partition coefficient (Wildman–Crippen LogP) is 3.04. The van der Waals surface area contributed by atoms with E-state index in [9.17, 15) is 0 Å². The van der Waals surface area contributed by atoms with E-state index in [4.69, 9.17) is 10.3 Å². The van der Waals surface area contributed by atoms with Crippen molar-refractivity contribution in [3.63, 3.8) is 0 Å². The molecule has 24 heavy (non-hydrogen) atoms. The van der Waals surface area contributed by atoms with Gasteiger partial charge >= 0.3 is 0 Å². The number of rotatable bonds is 4. The smallest absolute Gasteiger partial charge is 0.229 e. The van der Waals surface area contributed by atoms with E-state index in [0.717, 1.165) is 31.3 Å². The Balaban J connectivity index is 1.38. The summed E-state index contributed by atoms with van der Waals surface area (Å²) >= 11 is 0. The second-order valence-corrected chi connectivity index (χ2v) is 7.26. The molecule has 2 heterocycles. The van der Waals surface area contributed by atoms with Crippen molar-refractivity contribution in [3.05, 3.63) is 47.6 Å². The average Bonchev–Trinajstić information content (AvgIpc) is 3.23. The van der Waals surface area contributed by atoms with Gasteiger partial charge in [-0.2, -0.15) is 4.98 Å². The van der Waals surface area contributed by atoms with E-state index in [1.165, 1.54) is 37.7 Å². The van der Waals surface area contributed by atoms with Crippen molar-refractivity contribution in [2.75, 3.05) is 13.1 Å². The molecule has 0 spiro atoms. The zero-order chi connectivity index (χ0) is 16.4. The molecule has 2 aliphatic rings. The number of nitrogens with two attached hydrogens (primary N) is 1. The van der Waals surface area contributed by atoms with Gasteiger partial charge in [0.15, 0.2) is 5.82 Å². The first-order chi connectivity index (χ1) is 11.8. The van der Waals surface area contributed by atoms with Crippen LogP contribution in [0.3, 0.4) is 0 Å². The van der Waals surface area contributed by atoms with Crippen LogP contribution in [0.25, 0.3) is 0 Å². The second kappa shape index (κ2) is 7.03. The van der Waals surface area contributed by atoms with E-state index in [-0.39, 0.29) is 6.04 Å². The highest BCUT2D eigenvalue weighted by molar-refractivity contribution is 5.23. The zero-order valence-electron chi connectivity index (χ0n) is 14.1. The Morgan fingerprint density at radius 1 is 1.08 bits per heavy atom. The molecule has 0 radical (unpaired) electrons. The lowest BCUT2D eigenvalue weighted by Gasteiger charge is -2.17. The summed E-state index contributed by atoms with van der Waals surface area (Å²) < 4.78 is 5.53. The number of benzene rings is 1. The maximum absolute atomic E-state index is 6.37. The first kappa shape index (κ1) is 15.8. The molecule has 1 aromatic carbocycles. The van der Waals surface area contributed by atoms with Crippen LogP contribution < -0.4 is 5.73 Å². The first-order valence-electron chi connectivity index (χ1n) is 9.15. The van der Waals surface area contributed by atoms with Gasteiger partial charge in [0.25, 0.3) is 0 Å². The quantitative estimate of drug-likeness (QED) is 0.935. The second-order valence-electron chi connectivity index (χ2n) is 7.26. The van der Waals surface area contributed by atoms with Crippen molar-refractivity contribution in [3.8, 4) is 0 Å². The van der Waals surface area contributed by atoms with Gasteiger partial charge in [-0.25, -0.2) is 0 Å². The molecular weight excluding hydrogens is 300 g/mol. The third kappa shape index (κ3) is 3.37. The highest BCUT2D eigenvalue weighted by atomic mass is 16.5. The molecule has 1 saturated heterocycles. The average molecular weight is 326 g/mol. The Bertz CT molecular complexity index is 650. The molecule has 4 rings (SSSR count). The summed E-state index contributed by atoms with van der Waals surface area (Å²) in [6, 6.07) is 10.7. The van der Waals surface area contributed by atoms with Crippen LogP contribution in [0.5, 0.6) is 0 Å². The third-order valence-electron chi connectivity index (χ3n) is 5.47. The molecule has 1 saturated carbocycles. The summed E-state index contributed by atoms with van der Waals surface area (Å²) in [6.45, 7) is 2.57. The maximum atomic E-state index is 6.37. The molecule has 1 aromatic heterocycles. The Labute approximate surface area is 143 Å². The molecule has 5 nitrogen and oxygen atoms in total. The van der Waals surface area contributed by atoms with E-state index in [1.54, 1.807) is 0 Å². The van der Waals surface area contributed by atoms with Crippen LogP contribution in [0, 0.1) is 0 Å². The highest BCUT2D eigenvalue weighted by Gasteiger charge is 2.32. The Morgan fingerprint density at radius 3 is 2.67 bits per heavy atom. The fourth-order valence-electron chi connectivity index (χ4n) is 4.14. The fourth-order valence-corrected chi connectivity index (χ4v) is 4.14. The van der Waals surface area contributed by atoms with Crippen LogP contribution >= 0.6 is 0 Å². The monoisotopic (exact) mass is 326 g/mol. The van der Waals surface area contributed by atoms with Gasteiger partial charge in [-0.3, -0.25) is 4.90 Å². The van der Waals surface area contributed by atoms with Crippen molar-refractivity contribution >= 4 is 0 Å². The van der Waals surface area contributed by atoms with Gasteiger partial charge in [0, 0.05) is 31.0 Å². The minimum Gasteiger partial charge on any atom is -0.339 e. The number of aromatic nitrogens is 2. The summed E-state index contributed by atoms with van der Waals surface area (Å²) in [6.07, 6.45) is 6.27. The van der Waals surface area contributed by atoms with Crippen LogP contribution in [0.15, 0.2) is 34.9 Å². The minimum absolute atomic E-state index is 0.164. The van der Waals surface area contributed by atoms with Gasteiger partial charge in [-0.15, -0.1) is 0 Å². The molecule has 128 valence electrons. The van der Waals surface area contributed by atoms with Gasteiger partial charge < -0.3 is 10.3 Å². The number of nitrogens with zero attached hydrogens (tertiary/aromatic N) is 3. The lowest BCUT2D eigenvalue weighted by Crippen LogP contribution is -2.28. The topological polar surface area (TPSA) is 68.2 Å². The summed E-state index contributed by atoms with van der Waals surface area (Å²) in [4.78, 5) is 7.01. The molecule has 2 fully saturated rings. The molecule has 2 N–H and O–H groups in total. The Morgan fingerprint density at radius 2 is 1.88 bits per heavy atom. The summed E-state index contributed by atoms with van der Waals surface area (Å²) in [7, 11) is 0. The minimum atomic E-state index is 0.164. The van der Waals surface area contributed by atoms with Gasteiger partial charge in [0.1, 0.15) is 0 Å². The summed E-state index contributed by atoms with van der Waals surface area (Å²) in [5.41, 5.74) is 7.69. The molecule has 5 heteroatoms. The number of hydrogen-bond donors (Lipinski definition) is 1. The normalized spacial score (nSPS) is 26.0. The van der Waals surface area contributed by atoms with Crippen LogP contribution in [-0.2, 0) is 6.54 Å². The predicted molar refractivity (Wildman–Crippen MR) is 92.6 cm³/mol. The highest BCUT2D eigenvalue weighted by Crippen LogP contribution is 2.32. The molecule has 2 aromatic rings. The maximum Gasteiger partial charge on any atom is 0.229 e. The van der Waals surface area contributed by atoms with E-state index in [2.05, 4.69) is 39.3 Å². The van der Waals surface area contributed by atoms with Crippen molar-refractivity contribution in [1.82, 2.24) is 15.0 Å². The lowest BCUT2D eigenvalue weighted by molar-refractivity contribution is 0.293. The van der Waals surface area contributed by atoms with E-state index in [1.807, 2.05) is 6.07 Å². The largest absolute Gasteiger partial charge is 0.339 e. The van der Waals surface area contributed by atoms with E-state index < -0.39 is 0 Å². The molecule has 1 aliphatic carbocycles. The standard InChI is InChI=1S/C19H26N4O/c20-17-12-23(11-16(17)14-7-3-1-4-8-14)13-18-21-19(24-22-18)15-9-5-2-6-10-15/h1,3-4,7-8,15-17H,2,5-6,9-13,20H2/t16-,17+/m0/s1. The van der Waals surface area contributed by atoms with E-state index >= 15 is 0 Å². The van der Waals surface area contributed by atoms with Gasteiger partial charge in [-0.1, -0.05) is 54.8 Å². The van der Waals surface area contributed by atoms with Crippen LogP contribution in [0.2, 0.25) is 0 Å². The fraction of sp³-hybridized carbons (Fsp3) is 0.579. The van der Waals surface area contributed by atoms with Gasteiger partial charge in [0.2, 0.25) is 5.89 Å². The molecule has 2 atom stereocenters. The SMILES string of the molecule is N[C@@H]1CN(Cc2noc(C3CCCCC3)n2)C[C@H]1c1ccccc1. The Hall–Kier alpha value is -1.72. The molecular formula is C19H26N4O. The molecule has 1 aliphatic heterocycles. The van der Waals surface area contributed by atoms with Crippen LogP contribution in [0.1, 0.15) is 61.2 Å². The number of hydrogen-bond acceptors (Lipinski definition) is 5. The van der Waals surface area contributed by atoms with Crippen LogP contribution in [-0.4, -0.2) is 34.2 Å². The van der Waals surface area contributed by atoms with Crippen molar-refractivity contribution < 1.29 is 4.52 Å². The van der Waals surface area contributed by atoms with Crippen molar-refractivity contribution in [2.45, 2.75) is 56.5 Å².